The summed E-state index contributed by atoms with van der Waals surface area (Å²) in [6, 6.07) is 3.95. The van der Waals surface area contributed by atoms with E-state index < -0.39 is 0 Å². The van der Waals surface area contributed by atoms with Gasteiger partial charge in [-0.2, -0.15) is 5.10 Å². The zero-order chi connectivity index (χ0) is 12.4. The van der Waals surface area contributed by atoms with Gasteiger partial charge in [0.05, 0.1) is 17.4 Å². The highest BCUT2D eigenvalue weighted by Gasteiger charge is 2.18. The van der Waals surface area contributed by atoms with Crippen LogP contribution in [0.2, 0.25) is 0 Å². The van der Waals surface area contributed by atoms with Gasteiger partial charge in [-0.05, 0) is 51.0 Å². The lowest BCUT2D eigenvalue weighted by molar-refractivity contribution is 0.625. The Bertz CT molecular complexity index is 524. The van der Waals surface area contributed by atoms with Crippen LogP contribution in [0.4, 0.5) is 0 Å². The van der Waals surface area contributed by atoms with Crippen molar-refractivity contribution in [3.8, 4) is 0 Å². The van der Waals surface area contributed by atoms with Gasteiger partial charge in [-0.3, -0.25) is 9.67 Å². The second-order valence-corrected chi connectivity index (χ2v) is 5.43. The third kappa shape index (κ3) is 2.75. The molecule has 90 valence electrons. The standard InChI is InChI=1S/C11H12Br2N4/c1-14-11(9-3-4-17(2)16-9)10-8(13)5-7(12)6-15-10/h3-6,11,14H,1-2H3. The van der Waals surface area contributed by atoms with Gasteiger partial charge in [0.25, 0.3) is 0 Å². The van der Waals surface area contributed by atoms with Crippen LogP contribution in [0, 0.1) is 0 Å². The molecule has 0 saturated heterocycles. The van der Waals surface area contributed by atoms with Gasteiger partial charge in [-0.25, -0.2) is 0 Å². The second-order valence-electron chi connectivity index (χ2n) is 3.66. The van der Waals surface area contributed by atoms with Crippen LogP contribution in [-0.2, 0) is 7.05 Å². The molecule has 0 aromatic carbocycles. The normalized spacial score (nSPS) is 12.7. The average molecular weight is 360 g/mol. The molecule has 1 unspecified atom stereocenters. The van der Waals surface area contributed by atoms with Crippen LogP contribution in [-0.4, -0.2) is 21.8 Å². The molecular formula is C11H12Br2N4. The predicted octanol–water partition coefficient (Wildman–Crippen LogP) is 2.65. The lowest BCUT2D eigenvalue weighted by atomic mass is 10.1. The number of hydrogen-bond donors (Lipinski definition) is 1. The van der Waals surface area contributed by atoms with E-state index in [1.807, 2.05) is 32.4 Å². The van der Waals surface area contributed by atoms with E-state index >= 15 is 0 Å². The van der Waals surface area contributed by atoms with E-state index in [1.165, 1.54) is 0 Å². The van der Waals surface area contributed by atoms with Crippen molar-refractivity contribution in [2.24, 2.45) is 7.05 Å². The minimum Gasteiger partial charge on any atom is -0.307 e. The molecule has 2 aromatic rings. The van der Waals surface area contributed by atoms with Gasteiger partial charge in [-0.15, -0.1) is 0 Å². The summed E-state index contributed by atoms with van der Waals surface area (Å²) in [5.41, 5.74) is 1.87. The molecule has 0 bridgehead atoms. The number of hydrogen-bond acceptors (Lipinski definition) is 3. The van der Waals surface area contributed by atoms with E-state index in [-0.39, 0.29) is 6.04 Å². The summed E-state index contributed by atoms with van der Waals surface area (Å²) < 4.78 is 3.69. The summed E-state index contributed by atoms with van der Waals surface area (Å²) in [6.45, 7) is 0. The first-order valence-electron chi connectivity index (χ1n) is 5.09. The summed E-state index contributed by atoms with van der Waals surface area (Å²) in [5, 5.41) is 7.63. The van der Waals surface area contributed by atoms with Gasteiger partial charge in [0, 0.05) is 28.4 Å². The van der Waals surface area contributed by atoms with Gasteiger partial charge in [0.1, 0.15) is 0 Å². The zero-order valence-electron chi connectivity index (χ0n) is 9.48. The van der Waals surface area contributed by atoms with E-state index in [0.717, 1.165) is 20.3 Å². The summed E-state index contributed by atoms with van der Waals surface area (Å²) in [5.74, 6) is 0. The Kier molecular flexibility index (Phi) is 3.96. The van der Waals surface area contributed by atoms with Gasteiger partial charge in [-0.1, -0.05) is 0 Å². The van der Waals surface area contributed by atoms with Crippen molar-refractivity contribution in [1.29, 1.82) is 0 Å². The van der Waals surface area contributed by atoms with Crippen molar-refractivity contribution in [1.82, 2.24) is 20.1 Å². The van der Waals surface area contributed by atoms with Crippen molar-refractivity contribution in [3.63, 3.8) is 0 Å². The first kappa shape index (κ1) is 12.7. The van der Waals surface area contributed by atoms with E-state index in [2.05, 4.69) is 47.3 Å². The monoisotopic (exact) mass is 358 g/mol. The quantitative estimate of drug-likeness (QED) is 0.916. The maximum atomic E-state index is 4.43. The Morgan fingerprint density at radius 3 is 2.71 bits per heavy atom. The van der Waals surface area contributed by atoms with Gasteiger partial charge < -0.3 is 5.32 Å². The molecule has 0 amide bonds. The molecule has 0 spiro atoms. The summed E-state index contributed by atoms with van der Waals surface area (Å²) in [7, 11) is 3.80. The number of aryl methyl sites for hydroxylation is 1. The van der Waals surface area contributed by atoms with Crippen LogP contribution >= 0.6 is 31.9 Å². The smallest absolute Gasteiger partial charge is 0.0952 e. The largest absolute Gasteiger partial charge is 0.307 e. The van der Waals surface area contributed by atoms with E-state index in [9.17, 15) is 0 Å². The van der Waals surface area contributed by atoms with Gasteiger partial charge >= 0.3 is 0 Å². The minimum atomic E-state index is -0.0151. The molecule has 1 atom stereocenters. The molecule has 0 aliphatic heterocycles. The molecule has 2 aromatic heterocycles. The Morgan fingerprint density at radius 2 is 2.18 bits per heavy atom. The van der Waals surface area contributed by atoms with Crippen LogP contribution < -0.4 is 5.32 Å². The highest BCUT2D eigenvalue weighted by molar-refractivity contribution is 9.11. The van der Waals surface area contributed by atoms with Gasteiger partial charge in [0.15, 0.2) is 0 Å². The van der Waals surface area contributed by atoms with Crippen LogP contribution in [0.5, 0.6) is 0 Å². The van der Waals surface area contributed by atoms with Gasteiger partial charge in [0.2, 0.25) is 0 Å². The maximum absolute atomic E-state index is 4.43. The number of halogens is 2. The summed E-state index contributed by atoms with van der Waals surface area (Å²) in [4.78, 5) is 4.43. The van der Waals surface area contributed by atoms with Crippen molar-refractivity contribution in [2.75, 3.05) is 7.05 Å². The SMILES string of the molecule is CNC(c1ccn(C)n1)c1ncc(Br)cc1Br. The number of rotatable bonds is 3. The molecular weight excluding hydrogens is 348 g/mol. The molecule has 2 rings (SSSR count). The van der Waals surface area contributed by atoms with Crippen molar-refractivity contribution < 1.29 is 0 Å². The Labute approximate surface area is 117 Å². The molecule has 1 N–H and O–H groups in total. The molecule has 0 saturated carbocycles. The molecule has 0 radical (unpaired) electrons. The molecule has 17 heavy (non-hydrogen) atoms. The Morgan fingerprint density at radius 1 is 1.41 bits per heavy atom. The van der Waals surface area contributed by atoms with Crippen molar-refractivity contribution in [2.45, 2.75) is 6.04 Å². The fraction of sp³-hybridized carbons (Fsp3) is 0.273. The number of aromatic nitrogens is 3. The van der Waals surface area contributed by atoms with E-state index in [4.69, 9.17) is 0 Å². The van der Waals surface area contributed by atoms with E-state index in [1.54, 1.807) is 10.9 Å². The van der Waals surface area contributed by atoms with E-state index in [0.29, 0.717) is 0 Å². The maximum Gasteiger partial charge on any atom is 0.0952 e. The zero-order valence-corrected chi connectivity index (χ0v) is 12.7. The fourth-order valence-electron chi connectivity index (χ4n) is 1.65. The fourth-order valence-corrected chi connectivity index (χ4v) is 2.87. The lowest BCUT2D eigenvalue weighted by Crippen LogP contribution is -2.20. The second kappa shape index (κ2) is 5.29. The molecule has 0 aliphatic carbocycles. The Hall–Kier alpha value is -0.720. The van der Waals surface area contributed by atoms with Crippen LogP contribution in [0.15, 0.2) is 33.5 Å². The molecule has 4 nitrogen and oxygen atoms in total. The average Bonchev–Trinajstić information content (AvgIpc) is 2.69. The molecule has 2 heterocycles. The highest BCUT2D eigenvalue weighted by Crippen LogP contribution is 2.27. The number of pyridine rings is 1. The molecule has 0 aliphatic rings. The summed E-state index contributed by atoms with van der Waals surface area (Å²) >= 11 is 6.92. The summed E-state index contributed by atoms with van der Waals surface area (Å²) in [6.07, 6.45) is 3.71. The molecule has 6 heteroatoms. The van der Waals surface area contributed by atoms with Crippen molar-refractivity contribution >= 4 is 31.9 Å². The van der Waals surface area contributed by atoms with Crippen molar-refractivity contribution in [3.05, 3.63) is 44.9 Å². The first-order chi connectivity index (χ1) is 8.11. The predicted molar refractivity (Wildman–Crippen MR) is 73.7 cm³/mol. The highest BCUT2D eigenvalue weighted by atomic mass is 79.9. The number of nitrogens with zero attached hydrogens (tertiary/aromatic N) is 3. The number of nitrogens with one attached hydrogen (secondary N) is 1. The van der Waals surface area contributed by atoms with Crippen LogP contribution in [0.1, 0.15) is 17.4 Å². The van der Waals surface area contributed by atoms with Crippen LogP contribution in [0.3, 0.4) is 0 Å². The topological polar surface area (TPSA) is 42.7 Å². The third-order valence-electron chi connectivity index (χ3n) is 2.43. The Balaban J connectivity index is 2.42. The van der Waals surface area contributed by atoms with Crippen LogP contribution in [0.25, 0.3) is 0 Å². The lowest BCUT2D eigenvalue weighted by Gasteiger charge is -2.14. The molecule has 0 fully saturated rings. The first-order valence-corrected chi connectivity index (χ1v) is 6.68. The third-order valence-corrected chi connectivity index (χ3v) is 3.50. The minimum absolute atomic E-state index is 0.0151.